The van der Waals surface area contributed by atoms with Crippen molar-refractivity contribution in [1.82, 2.24) is 0 Å². The van der Waals surface area contributed by atoms with Crippen LogP contribution in [-0.4, -0.2) is 25.2 Å². The molecular weight excluding hydrogens is 257 g/mol. The number of hydrogen-bond acceptors (Lipinski definition) is 2. The zero-order valence-electron chi connectivity index (χ0n) is 9.91. The quantitative estimate of drug-likeness (QED) is 0.792. The highest BCUT2D eigenvalue weighted by molar-refractivity contribution is 6.00. The van der Waals surface area contributed by atoms with Crippen molar-refractivity contribution in [2.45, 2.75) is 6.18 Å². The fourth-order valence-electron chi connectivity index (χ4n) is 1.71. The number of carbonyl (C=O) groups excluding carboxylic acids is 1. The van der Waals surface area contributed by atoms with Gasteiger partial charge in [0.05, 0.1) is 0 Å². The standard InChI is InChI=1S/C14H11F3O2/c15-14(16,17)9-19-8-13(18)12-6-5-10-3-1-2-4-11(10)7-12/h1-7H,8-9H2. The Balaban J connectivity index is 2.05. The number of Topliss-reactive ketones (excluding diaryl/α,β-unsaturated/α-hetero) is 1. The van der Waals surface area contributed by atoms with Gasteiger partial charge in [-0.25, -0.2) is 0 Å². The first-order chi connectivity index (χ1) is 8.96. The first-order valence-corrected chi connectivity index (χ1v) is 5.62. The Hall–Kier alpha value is -1.88. The zero-order valence-corrected chi connectivity index (χ0v) is 9.91. The van der Waals surface area contributed by atoms with E-state index in [1.807, 2.05) is 24.3 Å². The molecule has 0 atom stereocenters. The van der Waals surface area contributed by atoms with Gasteiger partial charge in [-0.3, -0.25) is 4.79 Å². The Morgan fingerprint density at radius 1 is 1.05 bits per heavy atom. The van der Waals surface area contributed by atoms with Crippen LogP contribution in [0.15, 0.2) is 42.5 Å². The lowest BCUT2D eigenvalue weighted by Crippen LogP contribution is -2.20. The highest BCUT2D eigenvalue weighted by atomic mass is 19.4. The van der Waals surface area contributed by atoms with Crippen LogP contribution < -0.4 is 0 Å². The summed E-state index contributed by atoms with van der Waals surface area (Å²) in [7, 11) is 0. The number of hydrogen-bond donors (Lipinski definition) is 0. The molecule has 2 aromatic rings. The van der Waals surface area contributed by atoms with E-state index >= 15 is 0 Å². The second kappa shape index (κ2) is 5.40. The molecule has 0 aliphatic rings. The number of ether oxygens (including phenoxy) is 1. The van der Waals surface area contributed by atoms with Gasteiger partial charge < -0.3 is 4.74 Å². The summed E-state index contributed by atoms with van der Waals surface area (Å²) in [5.74, 6) is -0.463. The number of alkyl halides is 3. The van der Waals surface area contributed by atoms with Crippen LogP contribution in [-0.2, 0) is 4.74 Å². The third-order valence-electron chi connectivity index (χ3n) is 2.57. The van der Waals surface area contributed by atoms with Crippen LogP contribution in [0.2, 0.25) is 0 Å². The number of rotatable bonds is 4. The molecule has 0 heterocycles. The zero-order chi connectivity index (χ0) is 13.9. The normalized spacial score (nSPS) is 11.7. The molecule has 0 spiro atoms. The summed E-state index contributed by atoms with van der Waals surface area (Å²) < 4.78 is 40.0. The highest BCUT2D eigenvalue weighted by Gasteiger charge is 2.27. The largest absolute Gasteiger partial charge is 0.411 e. The van der Waals surface area contributed by atoms with E-state index in [0.29, 0.717) is 5.56 Å². The van der Waals surface area contributed by atoms with Crippen molar-refractivity contribution in [2.24, 2.45) is 0 Å². The Kier molecular flexibility index (Phi) is 3.85. The van der Waals surface area contributed by atoms with Gasteiger partial charge in [-0.1, -0.05) is 36.4 Å². The monoisotopic (exact) mass is 268 g/mol. The van der Waals surface area contributed by atoms with Crippen molar-refractivity contribution in [1.29, 1.82) is 0 Å². The van der Waals surface area contributed by atoms with Crippen molar-refractivity contribution in [3.8, 4) is 0 Å². The fraction of sp³-hybridized carbons (Fsp3) is 0.214. The van der Waals surface area contributed by atoms with E-state index in [4.69, 9.17) is 0 Å². The molecule has 0 aromatic heterocycles. The lowest BCUT2D eigenvalue weighted by Gasteiger charge is -2.07. The highest BCUT2D eigenvalue weighted by Crippen LogP contribution is 2.17. The van der Waals surface area contributed by atoms with Crippen LogP contribution in [0.25, 0.3) is 10.8 Å². The van der Waals surface area contributed by atoms with Gasteiger partial charge in [-0.15, -0.1) is 0 Å². The maximum absolute atomic E-state index is 11.9. The molecule has 0 N–H and O–H groups in total. The maximum Gasteiger partial charge on any atom is 0.411 e. The molecule has 0 bridgehead atoms. The van der Waals surface area contributed by atoms with E-state index in [2.05, 4.69) is 4.74 Å². The number of carbonyl (C=O) groups is 1. The molecule has 0 fully saturated rings. The minimum Gasteiger partial charge on any atom is -0.364 e. The Labute approximate surface area is 107 Å². The number of ketones is 1. The maximum atomic E-state index is 11.9. The fourth-order valence-corrected chi connectivity index (χ4v) is 1.71. The lowest BCUT2D eigenvalue weighted by atomic mass is 10.0. The second-order valence-electron chi connectivity index (χ2n) is 4.09. The summed E-state index contributed by atoms with van der Waals surface area (Å²) in [5.41, 5.74) is 0.348. The van der Waals surface area contributed by atoms with Gasteiger partial charge in [0, 0.05) is 5.56 Å². The SMILES string of the molecule is O=C(COCC(F)(F)F)c1ccc2ccccc2c1. The molecular formula is C14H11F3O2. The van der Waals surface area contributed by atoms with Crippen molar-refractivity contribution in [3.63, 3.8) is 0 Å². The summed E-state index contributed by atoms with van der Waals surface area (Å²) in [6, 6.07) is 12.4. The van der Waals surface area contributed by atoms with E-state index in [0.717, 1.165) is 10.8 Å². The molecule has 5 heteroatoms. The summed E-state index contributed by atoms with van der Waals surface area (Å²) in [5, 5.41) is 1.83. The number of benzene rings is 2. The van der Waals surface area contributed by atoms with E-state index in [9.17, 15) is 18.0 Å². The summed E-state index contributed by atoms with van der Waals surface area (Å²) in [6.45, 7) is -1.98. The third kappa shape index (κ3) is 3.79. The molecule has 0 saturated heterocycles. The Morgan fingerprint density at radius 2 is 1.74 bits per heavy atom. The van der Waals surface area contributed by atoms with Gasteiger partial charge in [0.25, 0.3) is 0 Å². The summed E-state index contributed by atoms with van der Waals surface area (Å²) >= 11 is 0. The van der Waals surface area contributed by atoms with Gasteiger partial charge in [0.15, 0.2) is 5.78 Å². The second-order valence-corrected chi connectivity index (χ2v) is 4.09. The van der Waals surface area contributed by atoms with Gasteiger partial charge >= 0.3 is 6.18 Å². The molecule has 0 saturated carbocycles. The first-order valence-electron chi connectivity index (χ1n) is 5.62. The minimum absolute atomic E-state index is 0.348. The predicted molar refractivity (Wildman–Crippen MR) is 65.2 cm³/mol. The molecule has 2 nitrogen and oxygen atoms in total. The van der Waals surface area contributed by atoms with Crippen LogP contribution in [0.1, 0.15) is 10.4 Å². The lowest BCUT2D eigenvalue weighted by molar-refractivity contribution is -0.170. The van der Waals surface area contributed by atoms with Crippen molar-refractivity contribution in [2.75, 3.05) is 13.2 Å². The van der Waals surface area contributed by atoms with E-state index in [1.54, 1.807) is 18.2 Å². The van der Waals surface area contributed by atoms with E-state index < -0.39 is 25.2 Å². The van der Waals surface area contributed by atoms with Crippen LogP contribution in [0.4, 0.5) is 13.2 Å². The smallest absolute Gasteiger partial charge is 0.364 e. The molecule has 0 aliphatic carbocycles. The third-order valence-corrected chi connectivity index (χ3v) is 2.57. The molecule has 0 aliphatic heterocycles. The van der Waals surface area contributed by atoms with Crippen LogP contribution >= 0.6 is 0 Å². The van der Waals surface area contributed by atoms with Gasteiger partial charge in [0.2, 0.25) is 0 Å². The molecule has 0 radical (unpaired) electrons. The van der Waals surface area contributed by atoms with Crippen LogP contribution in [0, 0.1) is 0 Å². The number of fused-ring (bicyclic) bond motifs is 1. The number of halogens is 3. The van der Waals surface area contributed by atoms with Gasteiger partial charge in [-0.05, 0) is 16.8 Å². The molecule has 0 unspecified atom stereocenters. The molecule has 100 valence electrons. The van der Waals surface area contributed by atoms with Gasteiger partial charge in [-0.2, -0.15) is 13.2 Å². The van der Waals surface area contributed by atoms with Gasteiger partial charge in [0.1, 0.15) is 13.2 Å². The molecule has 2 rings (SSSR count). The van der Waals surface area contributed by atoms with E-state index in [1.165, 1.54) is 0 Å². The average molecular weight is 268 g/mol. The molecule has 0 amide bonds. The van der Waals surface area contributed by atoms with Crippen LogP contribution in [0.5, 0.6) is 0 Å². The van der Waals surface area contributed by atoms with Crippen molar-refractivity contribution in [3.05, 3.63) is 48.0 Å². The average Bonchev–Trinajstić information content (AvgIpc) is 2.36. The minimum atomic E-state index is -4.41. The Bertz CT molecular complexity index is 591. The topological polar surface area (TPSA) is 26.3 Å². The molecule has 2 aromatic carbocycles. The molecule has 19 heavy (non-hydrogen) atoms. The Morgan fingerprint density at radius 3 is 2.42 bits per heavy atom. The summed E-state index contributed by atoms with van der Waals surface area (Å²) in [4.78, 5) is 11.7. The summed E-state index contributed by atoms with van der Waals surface area (Å²) in [6.07, 6.45) is -4.41. The van der Waals surface area contributed by atoms with Crippen molar-refractivity contribution >= 4 is 16.6 Å². The van der Waals surface area contributed by atoms with E-state index in [-0.39, 0.29) is 0 Å². The van der Waals surface area contributed by atoms with Crippen molar-refractivity contribution < 1.29 is 22.7 Å². The van der Waals surface area contributed by atoms with Crippen LogP contribution in [0.3, 0.4) is 0 Å². The predicted octanol–water partition coefficient (Wildman–Crippen LogP) is 3.60. The first kappa shape index (κ1) is 13.5.